The van der Waals surface area contributed by atoms with Gasteiger partial charge in [-0.05, 0) is 24.3 Å². The van der Waals surface area contributed by atoms with E-state index in [4.69, 9.17) is 0 Å². The molecule has 1 aromatic carbocycles. The topological polar surface area (TPSA) is 96.9 Å². The van der Waals surface area contributed by atoms with Gasteiger partial charge in [0.15, 0.2) is 5.82 Å². The Labute approximate surface area is 141 Å². The minimum absolute atomic E-state index is 0.140. The predicted molar refractivity (Wildman–Crippen MR) is 91.8 cm³/mol. The van der Waals surface area contributed by atoms with E-state index in [1.165, 1.54) is 18.3 Å². The first-order valence-electron chi connectivity index (χ1n) is 7.03. The van der Waals surface area contributed by atoms with Crippen molar-refractivity contribution in [2.45, 2.75) is 6.92 Å². The Morgan fingerprint density at radius 3 is 2.62 bits per heavy atom. The lowest BCUT2D eigenvalue weighted by Gasteiger charge is -2.06. The van der Waals surface area contributed by atoms with Gasteiger partial charge in [-0.1, -0.05) is 12.1 Å². The largest absolute Gasteiger partial charge is 0.326 e. The van der Waals surface area contributed by atoms with Crippen LogP contribution in [-0.4, -0.2) is 27.0 Å². The van der Waals surface area contributed by atoms with Gasteiger partial charge in [-0.25, -0.2) is 4.98 Å². The van der Waals surface area contributed by atoms with E-state index in [1.54, 1.807) is 35.2 Å². The molecule has 2 aromatic heterocycles. The molecule has 0 fully saturated rings. The van der Waals surface area contributed by atoms with E-state index in [9.17, 15) is 9.59 Å². The smallest absolute Gasteiger partial charge is 0.276 e. The summed E-state index contributed by atoms with van der Waals surface area (Å²) in [6.45, 7) is 1.45. The molecule has 8 heteroatoms. The van der Waals surface area contributed by atoms with Crippen LogP contribution in [0.2, 0.25) is 0 Å². The fourth-order valence-electron chi connectivity index (χ4n) is 2.02. The third-order valence-corrected chi connectivity index (χ3v) is 3.64. The van der Waals surface area contributed by atoms with Crippen LogP contribution in [0.1, 0.15) is 17.4 Å². The number of amides is 2. The fourth-order valence-corrected chi connectivity index (χ4v) is 2.55. The third-order valence-electron chi connectivity index (χ3n) is 3.05. The van der Waals surface area contributed by atoms with Crippen molar-refractivity contribution in [3.05, 3.63) is 53.0 Å². The Morgan fingerprint density at radius 2 is 1.96 bits per heavy atom. The van der Waals surface area contributed by atoms with E-state index < -0.39 is 0 Å². The molecule has 24 heavy (non-hydrogen) atoms. The molecular weight excluding hydrogens is 326 g/mol. The average Bonchev–Trinajstić information content (AvgIpc) is 3.10. The average molecular weight is 339 g/mol. The highest BCUT2D eigenvalue weighted by Crippen LogP contribution is 2.21. The third kappa shape index (κ3) is 3.79. The van der Waals surface area contributed by atoms with Crippen molar-refractivity contribution in [1.82, 2.24) is 15.2 Å². The second-order valence-corrected chi connectivity index (χ2v) is 5.61. The van der Waals surface area contributed by atoms with Crippen molar-refractivity contribution in [2.24, 2.45) is 0 Å². The second-order valence-electron chi connectivity index (χ2n) is 4.89. The number of anilines is 2. The van der Waals surface area contributed by atoms with E-state index >= 15 is 0 Å². The zero-order valence-corrected chi connectivity index (χ0v) is 13.5. The van der Waals surface area contributed by atoms with Gasteiger partial charge in [0.25, 0.3) is 5.91 Å². The minimum atomic E-state index is -0.328. The quantitative estimate of drug-likeness (QED) is 0.762. The van der Waals surface area contributed by atoms with Crippen molar-refractivity contribution in [1.29, 1.82) is 0 Å². The van der Waals surface area contributed by atoms with E-state index in [1.807, 2.05) is 12.1 Å². The molecule has 120 valence electrons. The SMILES string of the molecule is CC(=O)Nc1cccc(-c2ccc(NC(=O)c3cscn3)nn2)c1. The lowest BCUT2D eigenvalue weighted by atomic mass is 10.1. The summed E-state index contributed by atoms with van der Waals surface area (Å²) in [6, 6.07) is 10.7. The minimum Gasteiger partial charge on any atom is -0.326 e. The maximum atomic E-state index is 11.9. The molecule has 0 bridgehead atoms. The number of carbonyl (C=O) groups is 2. The molecule has 3 aromatic rings. The molecule has 0 aliphatic heterocycles. The zero-order chi connectivity index (χ0) is 16.9. The Bertz CT molecular complexity index is 862. The van der Waals surface area contributed by atoms with Crippen molar-refractivity contribution in [3.8, 4) is 11.3 Å². The van der Waals surface area contributed by atoms with Gasteiger partial charge in [-0.2, -0.15) is 0 Å². The van der Waals surface area contributed by atoms with Gasteiger partial charge in [0.2, 0.25) is 5.91 Å². The van der Waals surface area contributed by atoms with Gasteiger partial charge >= 0.3 is 0 Å². The number of carbonyl (C=O) groups excluding carboxylic acids is 2. The maximum Gasteiger partial charge on any atom is 0.276 e. The highest BCUT2D eigenvalue weighted by Gasteiger charge is 2.09. The molecule has 3 rings (SSSR count). The highest BCUT2D eigenvalue weighted by atomic mass is 32.1. The highest BCUT2D eigenvalue weighted by molar-refractivity contribution is 7.07. The van der Waals surface area contributed by atoms with E-state index in [2.05, 4.69) is 25.8 Å². The number of hydrogen-bond donors (Lipinski definition) is 2. The zero-order valence-electron chi connectivity index (χ0n) is 12.7. The molecule has 0 saturated heterocycles. The molecule has 0 aliphatic rings. The molecule has 0 spiro atoms. The predicted octanol–water partition coefficient (Wildman–Crippen LogP) is 2.81. The van der Waals surface area contributed by atoms with Crippen LogP contribution in [0.5, 0.6) is 0 Å². The number of nitrogens with one attached hydrogen (secondary N) is 2. The summed E-state index contributed by atoms with van der Waals surface area (Å²) in [6.07, 6.45) is 0. The van der Waals surface area contributed by atoms with Crippen LogP contribution in [-0.2, 0) is 4.79 Å². The van der Waals surface area contributed by atoms with Crippen molar-refractivity contribution < 1.29 is 9.59 Å². The Kier molecular flexibility index (Phi) is 4.57. The van der Waals surface area contributed by atoms with Crippen LogP contribution in [0.4, 0.5) is 11.5 Å². The molecule has 0 radical (unpaired) electrons. The van der Waals surface area contributed by atoms with Crippen LogP contribution in [0, 0.1) is 0 Å². The lowest BCUT2D eigenvalue weighted by Crippen LogP contribution is -2.13. The van der Waals surface area contributed by atoms with Gasteiger partial charge in [-0.15, -0.1) is 21.5 Å². The molecule has 7 nitrogen and oxygen atoms in total. The molecule has 0 saturated carbocycles. The van der Waals surface area contributed by atoms with Gasteiger partial charge in [-0.3, -0.25) is 9.59 Å². The fraction of sp³-hybridized carbons (Fsp3) is 0.0625. The first-order valence-corrected chi connectivity index (χ1v) is 7.97. The first kappa shape index (κ1) is 15.8. The molecule has 0 unspecified atom stereocenters. The first-order chi connectivity index (χ1) is 11.6. The molecule has 0 atom stereocenters. The standard InChI is InChI=1S/C16H13N5O2S/c1-10(22)18-12-4-2-3-11(7-12)13-5-6-15(21-20-13)19-16(23)14-8-24-9-17-14/h2-9H,1H3,(H,18,22)(H,19,21,23). The summed E-state index contributed by atoms with van der Waals surface area (Å²) in [4.78, 5) is 27.0. The van der Waals surface area contributed by atoms with Gasteiger partial charge in [0, 0.05) is 23.6 Å². The van der Waals surface area contributed by atoms with Crippen LogP contribution in [0.25, 0.3) is 11.3 Å². The molecule has 2 N–H and O–H groups in total. The summed E-state index contributed by atoms with van der Waals surface area (Å²) in [7, 11) is 0. The summed E-state index contributed by atoms with van der Waals surface area (Å²) < 4.78 is 0. The monoisotopic (exact) mass is 339 g/mol. The maximum absolute atomic E-state index is 11.9. The number of benzene rings is 1. The summed E-state index contributed by atoms with van der Waals surface area (Å²) in [5.41, 5.74) is 4.06. The number of rotatable bonds is 4. The van der Waals surface area contributed by atoms with Gasteiger partial charge in [0.05, 0.1) is 11.2 Å². The molecule has 2 heterocycles. The second kappa shape index (κ2) is 6.97. The number of aromatic nitrogens is 3. The van der Waals surface area contributed by atoms with E-state index in [0.717, 1.165) is 5.56 Å². The van der Waals surface area contributed by atoms with Crippen molar-refractivity contribution in [3.63, 3.8) is 0 Å². The number of nitrogens with zero attached hydrogens (tertiary/aromatic N) is 3. The summed E-state index contributed by atoms with van der Waals surface area (Å²) in [5.74, 6) is -0.126. The van der Waals surface area contributed by atoms with Crippen molar-refractivity contribution in [2.75, 3.05) is 10.6 Å². The van der Waals surface area contributed by atoms with Crippen LogP contribution in [0.3, 0.4) is 0 Å². The number of thiazole rings is 1. The van der Waals surface area contributed by atoms with E-state index in [0.29, 0.717) is 22.9 Å². The summed E-state index contributed by atoms with van der Waals surface area (Å²) >= 11 is 1.35. The Hall–Kier alpha value is -3.13. The molecule has 2 amide bonds. The van der Waals surface area contributed by atoms with Crippen LogP contribution in [0.15, 0.2) is 47.3 Å². The van der Waals surface area contributed by atoms with Gasteiger partial charge < -0.3 is 10.6 Å². The Balaban J connectivity index is 1.75. The summed E-state index contributed by atoms with van der Waals surface area (Å²) in [5, 5.41) is 15.1. The lowest BCUT2D eigenvalue weighted by molar-refractivity contribution is -0.114. The molecular formula is C16H13N5O2S. The number of hydrogen-bond acceptors (Lipinski definition) is 6. The van der Waals surface area contributed by atoms with Crippen molar-refractivity contribution >= 4 is 34.7 Å². The van der Waals surface area contributed by atoms with Crippen LogP contribution < -0.4 is 10.6 Å². The van der Waals surface area contributed by atoms with Gasteiger partial charge in [0.1, 0.15) is 5.69 Å². The normalized spacial score (nSPS) is 10.2. The van der Waals surface area contributed by atoms with Crippen LogP contribution >= 0.6 is 11.3 Å². The molecule has 0 aliphatic carbocycles. The Morgan fingerprint density at radius 1 is 1.08 bits per heavy atom. The van der Waals surface area contributed by atoms with E-state index in [-0.39, 0.29) is 11.8 Å².